The maximum absolute atomic E-state index is 6.91. The maximum Gasteiger partial charge on any atom is 0.0229 e. The fourth-order valence-electron chi connectivity index (χ4n) is 4.55. The Bertz CT molecular complexity index is 439. The summed E-state index contributed by atoms with van der Waals surface area (Å²) in [7, 11) is 0. The van der Waals surface area contributed by atoms with Crippen molar-refractivity contribution >= 4 is 0 Å². The molecule has 2 aliphatic rings. The summed E-state index contributed by atoms with van der Waals surface area (Å²) in [5.41, 5.74) is 10.0. The first-order chi connectivity index (χ1) is 9.23. The molecule has 3 rings (SSSR count). The number of hydrogen-bond acceptors (Lipinski definition) is 1. The van der Waals surface area contributed by atoms with Crippen molar-refractivity contribution in [3.63, 3.8) is 0 Å². The van der Waals surface area contributed by atoms with E-state index in [1.807, 2.05) is 0 Å². The SMILES string of the molecule is CCC1CCCCC1C1(N)CCc2ccccc2C1. The van der Waals surface area contributed by atoms with Crippen molar-refractivity contribution < 1.29 is 0 Å². The predicted molar refractivity (Wildman–Crippen MR) is 81.1 cm³/mol. The maximum atomic E-state index is 6.91. The summed E-state index contributed by atoms with van der Waals surface area (Å²) in [6.45, 7) is 2.35. The van der Waals surface area contributed by atoms with Crippen molar-refractivity contribution in [2.24, 2.45) is 17.6 Å². The number of benzene rings is 1. The summed E-state index contributed by atoms with van der Waals surface area (Å²) in [6, 6.07) is 8.91. The monoisotopic (exact) mass is 257 g/mol. The van der Waals surface area contributed by atoms with E-state index in [9.17, 15) is 0 Å². The molecule has 0 spiro atoms. The van der Waals surface area contributed by atoms with Crippen LogP contribution in [0.1, 0.15) is 56.6 Å². The number of hydrogen-bond donors (Lipinski definition) is 1. The van der Waals surface area contributed by atoms with Crippen LogP contribution in [0, 0.1) is 11.8 Å². The highest BCUT2D eigenvalue weighted by Crippen LogP contribution is 2.43. The molecule has 0 radical (unpaired) electrons. The van der Waals surface area contributed by atoms with Crippen molar-refractivity contribution in [1.82, 2.24) is 0 Å². The van der Waals surface area contributed by atoms with Gasteiger partial charge >= 0.3 is 0 Å². The largest absolute Gasteiger partial charge is 0.325 e. The minimum Gasteiger partial charge on any atom is -0.325 e. The molecule has 1 aromatic carbocycles. The number of fused-ring (bicyclic) bond motifs is 1. The molecule has 2 N–H and O–H groups in total. The van der Waals surface area contributed by atoms with Gasteiger partial charge in [0.05, 0.1) is 0 Å². The summed E-state index contributed by atoms with van der Waals surface area (Å²) in [5, 5.41) is 0. The van der Waals surface area contributed by atoms with Crippen LogP contribution in [-0.4, -0.2) is 5.54 Å². The second-order valence-corrected chi connectivity index (χ2v) is 6.74. The van der Waals surface area contributed by atoms with Crippen LogP contribution in [0.3, 0.4) is 0 Å². The van der Waals surface area contributed by atoms with Gasteiger partial charge < -0.3 is 5.73 Å². The van der Waals surface area contributed by atoms with Gasteiger partial charge in [0, 0.05) is 5.54 Å². The lowest BCUT2D eigenvalue weighted by Crippen LogP contribution is -2.54. The highest BCUT2D eigenvalue weighted by molar-refractivity contribution is 5.32. The summed E-state index contributed by atoms with van der Waals surface area (Å²) < 4.78 is 0. The number of rotatable bonds is 2. The van der Waals surface area contributed by atoms with Crippen molar-refractivity contribution in [3.05, 3.63) is 35.4 Å². The van der Waals surface area contributed by atoms with Gasteiger partial charge in [0.25, 0.3) is 0 Å². The lowest BCUT2D eigenvalue weighted by atomic mass is 9.62. The Balaban J connectivity index is 1.84. The molecule has 3 atom stereocenters. The Morgan fingerprint density at radius 3 is 2.68 bits per heavy atom. The second-order valence-electron chi connectivity index (χ2n) is 6.74. The van der Waals surface area contributed by atoms with Gasteiger partial charge in [0.2, 0.25) is 0 Å². The molecule has 2 aliphatic carbocycles. The first kappa shape index (κ1) is 13.2. The Morgan fingerprint density at radius 1 is 1.16 bits per heavy atom. The van der Waals surface area contributed by atoms with Gasteiger partial charge in [0.15, 0.2) is 0 Å². The number of nitrogens with two attached hydrogens (primary N) is 1. The average Bonchev–Trinajstić information content (AvgIpc) is 2.47. The van der Waals surface area contributed by atoms with Crippen LogP contribution in [0.2, 0.25) is 0 Å². The smallest absolute Gasteiger partial charge is 0.0229 e. The Morgan fingerprint density at radius 2 is 1.89 bits per heavy atom. The van der Waals surface area contributed by atoms with Crippen molar-refractivity contribution in [3.8, 4) is 0 Å². The van der Waals surface area contributed by atoms with Crippen LogP contribution in [0.4, 0.5) is 0 Å². The van der Waals surface area contributed by atoms with Gasteiger partial charge in [-0.3, -0.25) is 0 Å². The fraction of sp³-hybridized carbons (Fsp3) is 0.667. The minimum atomic E-state index is 0.0649. The molecule has 1 nitrogen and oxygen atoms in total. The van der Waals surface area contributed by atoms with E-state index >= 15 is 0 Å². The molecule has 104 valence electrons. The molecule has 1 heteroatoms. The molecule has 3 unspecified atom stereocenters. The van der Waals surface area contributed by atoms with E-state index in [0.29, 0.717) is 0 Å². The van der Waals surface area contributed by atoms with Gasteiger partial charge in [-0.05, 0) is 48.6 Å². The molecular weight excluding hydrogens is 230 g/mol. The van der Waals surface area contributed by atoms with E-state index in [1.165, 1.54) is 56.1 Å². The van der Waals surface area contributed by atoms with E-state index in [1.54, 1.807) is 0 Å². The van der Waals surface area contributed by atoms with Crippen molar-refractivity contribution in [1.29, 1.82) is 0 Å². The Labute approximate surface area is 117 Å². The third kappa shape index (κ3) is 2.45. The van der Waals surface area contributed by atoms with Crippen LogP contribution in [-0.2, 0) is 12.8 Å². The lowest BCUT2D eigenvalue weighted by Gasteiger charge is -2.47. The third-order valence-corrected chi connectivity index (χ3v) is 5.67. The molecule has 1 saturated carbocycles. The highest BCUT2D eigenvalue weighted by atomic mass is 14.8. The molecule has 0 heterocycles. The molecule has 19 heavy (non-hydrogen) atoms. The van der Waals surface area contributed by atoms with Gasteiger partial charge in [-0.15, -0.1) is 0 Å². The number of aryl methyl sites for hydroxylation is 1. The predicted octanol–water partition coefficient (Wildman–Crippen LogP) is 4.09. The van der Waals surface area contributed by atoms with Crippen LogP contribution >= 0.6 is 0 Å². The van der Waals surface area contributed by atoms with Crippen molar-refractivity contribution in [2.45, 2.75) is 63.8 Å². The fourth-order valence-corrected chi connectivity index (χ4v) is 4.55. The zero-order chi connectivity index (χ0) is 13.3. The molecule has 0 aliphatic heterocycles. The molecule has 0 amide bonds. The quantitative estimate of drug-likeness (QED) is 0.848. The summed E-state index contributed by atoms with van der Waals surface area (Å²) in [6.07, 6.45) is 10.3. The first-order valence-corrected chi connectivity index (χ1v) is 8.08. The van der Waals surface area contributed by atoms with Crippen LogP contribution in [0.25, 0.3) is 0 Å². The summed E-state index contributed by atoms with van der Waals surface area (Å²) >= 11 is 0. The van der Waals surface area contributed by atoms with E-state index in [0.717, 1.165) is 18.3 Å². The molecule has 1 fully saturated rings. The standard InChI is InChI=1S/C18H27N/c1-2-14-7-5-6-10-17(14)18(19)12-11-15-8-3-4-9-16(15)13-18/h3-4,8-9,14,17H,2,5-7,10-13,19H2,1H3. The van der Waals surface area contributed by atoms with Gasteiger partial charge in [-0.1, -0.05) is 56.9 Å². The minimum absolute atomic E-state index is 0.0649. The summed E-state index contributed by atoms with van der Waals surface area (Å²) in [5.74, 6) is 1.61. The van der Waals surface area contributed by atoms with E-state index in [-0.39, 0.29) is 5.54 Å². The summed E-state index contributed by atoms with van der Waals surface area (Å²) in [4.78, 5) is 0. The van der Waals surface area contributed by atoms with Crippen LogP contribution in [0.15, 0.2) is 24.3 Å². The van der Waals surface area contributed by atoms with Gasteiger partial charge in [-0.2, -0.15) is 0 Å². The molecule has 1 aromatic rings. The lowest BCUT2D eigenvalue weighted by molar-refractivity contribution is 0.115. The highest BCUT2D eigenvalue weighted by Gasteiger charge is 2.41. The average molecular weight is 257 g/mol. The Hall–Kier alpha value is -0.820. The molecule has 0 bridgehead atoms. The van der Waals surface area contributed by atoms with E-state index < -0.39 is 0 Å². The van der Waals surface area contributed by atoms with E-state index in [2.05, 4.69) is 31.2 Å². The zero-order valence-electron chi connectivity index (χ0n) is 12.2. The van der Waals surface area contributed by atoms with Gasteiger partial charge in [0.1, 0.15) is 0 Å². The normalized spacial score (nSPS) is 34.8. The van der Waals surface area contributed by atoms with E-state index in [4.69, 9.17) is 5.73 Å². The van der Waals surface area contributed by atoms with Gasteiger partial charge in [-0.25, -0.2) is 0 Å². The molecule has 0 saturated heterocycles. The Kier molecular flexibility index (Phi) is 3.66. The topological polar surface area (TPSA) is 26.0 Å². The van der Waals surface area contributed by atoms with Crippen LogP contribution < -0.4 is 5.73 Å². The molecular formula is C18H27N. The van der Waals surface area contributed by atoms with Crippen LogP contribution in [0.5, 0.6) is 0 Å². The third-order valence-electron chi connectivity index (χ3n) is 5.67. The zero-order valence-corrected chi connectivity index (χ0v) is 12.2. The van der Waals surface area contributed by atoms with Crippen molar-refractivity contribution in [2.75, 3.05) is 0 Å². The second kappa shape index (κ2) is 5.28. The first-order valence-electron chi connectivity index (χ1n) is 8.08. The molecule has 0 aromatic heterocycles.